The third kappa shape index (κ3) is 4.56. The molecule has 0 aromatic carbocycles. The summed E-state index contributed by atoms with van der Waals surface area (Å²) in [4.78, 5) is 46.0. The maximum Gasteiger partial charge on any atom is 0.410 e. The molecule has 0 unspecified atom stereocenters. The predicted molar refractivity (Wildman–Crippen MR) is 115 cm³/mol. The van der Waals surface area contributed by atoms with E-state index in [-0.39, 0.29) is 12.1 Å². The molecule has 1 saturated heterocycles. The predicted octanol–water partition coefficient (Wildman–Crippen LogP) is 1.73. The Kier molecular flexibility index (Phi) is 6.03. The number of pyridine rings is 1. The Bertz CT molecular complexity index is 1060. The first-order chi connectivity index (χ1) is 14.0. The number of piperidine rings is 1. The summed E-state index contributed by atoms with van der Waals surface area (Å²) >= 11 is 0. The monoisotopic (exact) mass is 417 g/mol. The second-order valence-electron chi connectivity index (χ2n) is 9.16. The standard InChI is InChI=1S/C21H31N5O4/c1-21(2,3)30-20(29)25-9-7-15(8-10-25)26-17-16(24(6)18(27)19(26)28)11-14(12-22-17)13-23(4)5/h11-12,15H,7-10,13H2,1-6H3. The molecule has 3 heterocycles. The molecule has 1 amide bonds. The van der Waals surface area contributed by atoms with Gasteiger partial charge in [0, 0.05) is 38.9 Å². The molecular formula is C21H31N5O4. The minimum Gasteiger partial charge on any atom is -0.444 e. The summed E-state index contributed by atoms with van der Waals surface area (Å²) in [6.45, 7) is 7.10. The number of nitrogens with zero attached hydrogens (tertiary/aromatic N) is 5. The summed E-state index contributed by atoms with van der Waals surface area (Å²) in [5.41, 5.74) is 0.400. The molecule has 2 aromatic rings. The molecule has 9 heteroatoms. The van der Waals surface area contributed by atoms with Crippen LogP contribution in [0.2, 0.25) is 0 Å². The lowest BCUT2D eigenvalue weighted by atomic mass is 10.0. The van der Waals surface area contributed by atoms with Gasteiger partial charge in [-0.25, -0.2) is 9.78 Å². The number of carbonyl (C=O) groups excluding carboxylic acids is 1. The van der Waals surface area contributed by atoms with Crippen LogP contribution in [0.3, 0.4) is 0 Å². The molecule has 1 fully saturated rings. The Morgan fingerprint density at radius 1 is 1.20 bits per heavy atom. The molecule has 0 atom stereocenters. The average molecular weight is 418 g/mol. The fourth-order valence-electron chi connectivity index (χ4n) is 3.80. The molecule has 0 saturated carbocycles. The Morgan fingerprint density at radius 2 is 1.83 bits per heavy atom. The molecule has 9 nitrogen and oxygen atoms in total. The zero-order chi connectivity index (χ0) is 22.2. The van der Waals surface area contributed by atoms with E-state index in [1.807, 2.05) is 45.8 Å². The number of amides is 1. The fourth-order valence-corrected chi connectivity index (χ4v) is 3.80. The maximum absolute atomic E-state index is 12.8. The van der Waals surface area contributed by atoms with Crippen molar-refractivity contribution in [1.82, 2.24) is 23.9 Å². The average Bonchev–Trinajstić information content (AvgIpc) is 2.65. The van der Waals surface area contributed by atoms with E-state index in [2.05, 4.69) is 4.98 Å². The topological polar surface area (TPSA) is 89.7 Å². The molecule has 30 heavy (non-hydrogen) atoms. The van der Waals surface area contributed by atoms with Crippen molar-refractivity contribution in [2.24, 2.45) is 7.05 Å². The number of hydrogen-bond acceptors (Lipinski definition) is 6. The maximum atomic E-state index is 12.8. The SMILES string of the molecule is CN(C)Cc1cnc2c(c1)n(C)c(=O)c(=O)n2C1CCN(C(=O)OC(C)(C)C)CC1. The largest absolute Gasteiger partial charge is 0.444 e. The highest BCUT2D eigenvalue weighted by molar-refractivity contribution is 5.71. The molecule has 0 spiro atoms. The van der Waals surface area contributed by atoms with Gasteiger partial charge in [-0.15, -0.1) is 0 Å². The Hall–Kier alpha value is -2.68. The molecule has 2 aromatic heterocycles. The Labute approximate surface area is 175 Å². The minimum absolute atomic E-state index is 0.195. The number of hydrogen-bond donors (Lipinski definition) is 0. The van der Waals surface area contributed by atoms with E-state index in [1.54, 1.807) is 18.1 Å². The molecule has 164 valence electrons. The molecule has 1 aliphatic heterocycles. The summed E-state index contributed by atoms with van der Waals surface area (Å²) in [7, 11) is 5.52. The summed E-state index contributed by atoms with van der Waals surface area (Å²) in [6.07, 6.45) is 2.51. The highest BCUT2D eigenvalue weighted by Gasteiger charge is 2.29. The first-order valence-electron chi connectivity index (χ1n) is 10.2. The lowest BCUT2D eigenvalue weighted by Crippen LogP contribution is -2.46. The zero-order valence-corrected chi connectivity index (χ0v) is 18.6. The van der Waals surface area contributed by atoms with E-state index in [4.69, 9.17) is 4.74 Å². The van der Waals surface area contributed by atoms with Gasteiger partial charge in [0.05, 0.1) is 5.52 Å². The lowest BCUT2D eigenvalue weighted by Gasteiger charge is -2.34. The number of aryl methyl sites for hydroxylation is 1. The van der Waals surface area contributed by atoms with Crippen LogP contribution in [0.15, 0.2) is 21.9 Å². The third-order valence-corrected chi connectivity index (χ3v) is 5.18. The second-order valence-corrected chi connectivity index (χ2v) is 9.16. The van der Waals surface area contributed by atoms with Crippen LogP contribution in [-0.4, -0.2) is 62.8 Å². The minimum atomic E-state index is -0.575. The van der Waals surface area contributed by atoms with Crippen LogP contribution in [0, 0.1) is 0 Å². The van der Waals surface area contributed by atoms with Crippen molar-refractivity contribution in [3.05, 3.63) is 38.5 Å². The fraction of sp³-hybridized carbons (Fsp3) is 0.619. The van der Waals surface area contributed by atoms with E-state index in [9.17, 15) is 14.4 Å². The van der Waals surface area contributed by atoms with Crippen LogP contribution in [-0.2, 0) is 18.3 Å². The van der Waals surface area contributed by atoms with E-state index in [1.165, 1.54) is 9.13 Å². The smallest absolute Gasteiger partial charge is 0.410 e. The van der Waals surface area contributed by atoms with Crippen LogP contribution in [0.4, 0.5) is 4.79 Å². The Morgan fingerprint density at radius 3 is 2.40 bits per heavy atom. The number of carbonyl (C=O) groups is 1. The number of fused-ring (bicyclic) bond motifs is 1. The number of aromatic nitrogens is 3. The van der Waals surface area contributed by atoms with Crippen LogP contribution < -0.4 is 11.1 Å². The van der Waals surface area contributed by atoms with Crippen molar-refractivity contribution in [3.63, 3.8) is 0 Å². The Balaban J connectivity index is 1.92. The van der Waals surface area contributed by atoms with Crippen LogP contribution in [0.5, 0.6) is 0 Å². The van der Waals surface area contributed by atoms with Crippen molar-refractivity contribution >= 4 is 17.3 Å². The molecule has 1 aliphatic rings. The van der Waals surface area contributed by atoms with Crippen LogP contribution in [0.1, 0.15) is 45.2 Å². The van der Waals surface area contributed by atoms with Gasteiger partial charge < -0.3 is 19.1 Å². The van der Waals surface area contributed by atoms with Gasteiger partial charge in [-0.2, -0.15) is 0 Å². The van der Waals surface area contributed by atoms with Crippen molar-refractivity contribution in [2.45, 2.75) is 51.8 Å². The number of likely N-dealkylation sites (tertiary alicyclic amines) is 1. The summed E-state index contributed by atoms with van der Waals surface area (Å²) in [5.74, 6) is 0. The van der Waals surface area contributed by atoms with Crippen molar-refractivity contribution in [2.75, 3.05) is 27.2 Å². The molecule has 0 aliphatic carbocycles. The van der Waals surface area contributed by atoms with Gasteiger partial charge in [0.25, 0.3) is 0 Å². The van der Waals surface area contributed by atoms with Gasteiger partial charge in [-0.1, -0.05) is 0 Å². The van der Waals surface area contributed by atoms with E-state index in [0.29, 0.717) is 43.6 Å². The number of rotatable bonds is 3. The van der Waals surface area contributed by atoms with Gasteiger partial charge in [-0.3, -0.25) is 14.2 Å². The van der Waals surface area contributed by atoms with Gasteiger partial charge in [0.1, 0.15) is 5.60 Å². The zero-order valence-electron chi connectivity index (χ0n) is 18.6. The van der Waals surface area contributed by atoms with Gasteiger partial charge in [0.2, 0.25) is 0 Å². The molecule has 0 radical (unpaired) electrons. The first-order valence-corrected chi connectivity index (χ1v) is 10.2. The molecular weight excluding hydrogens is 386 g/mol. The first kappa shape index (κ1) is 22.0. The van der Waals surface area contributed by atoms with E-state index >= 15 is 0 Å². The molecule has 0 bridgehead atoms. The van der Waals surface area contributed by atoms with Crippen molar-refractivity contribution in [3.8, 4) is 0 Å². The van der Waals surface area contributed by atoms with E-state index < -0.39 is 16.7 Å². The van der Waals surface area contributed by atoms with Crippen molar-refractivity contribution in [1.29, 1.82) is 0 Å². The third-order valence-electron chi connectivity index (χ3n) is 5.18. The van der Waals surface area contributed by atoms with Gasteiger partial charge >= 0.3 is 17.2 Å². The van der Waals surface area contributed by atoms with E-state index in [0.717, 1.165) is 5.56 Å². The normalized spacial score (nSPS) is 15.8. The molecule has 0 N–H and O–H groups in total. The summed E-state index contributed by atoms with van der Waals surface area (Å²) in [5, 5.41) is 0. The molecule has 3 rings (SSSR count). The highest BCUT2D eigenvalue weighted by Crippen LogP contribution is 2.25. The van der Waals surface area contributed by atoms with Crippen LogP contribution >= 0.6 is 0 Å². The van der Waals surface area contributed by atoms with Crippen LogP contribution in [0.25, 0.3) is 11.2 Å². The summed E-state index contributed by atoms with van der Waals surface area (Å²) < 4.78 is 8.33. The van der Waals surface area contributed by atoms with Crippen molar-refractivity contribution < 1.29 is 9.53 Å². The lowest BCUT2D eigenvalue weighted by molar-refractivity contribution is 0.0188. The van der Waals surface area contributed by atoms with Gasteiger partial charge in [-0.05, 0) is 59.3 Å². The van der Waals surface area contributed by atoms with Gasteiger partial charge in [0.15, 0.2) is 5.65 Å². The summed E-state index contributed by atoms with van der Waals surface area (Å²) in [6, 6.07) is 1.72. The number of ether oxygens (including phenoxy) is 1. The highest BCUT2D eigenvalue weighted by atomic mass is 16.6. The quantitative estimate of drug-likeness (QED) is 0.707. The second kappa shape index (κ2) is 8.22.